The average molecular weight is 282 g/mol. The Balaban J connectivity index is 2.03. The summed E-state index contributed by atoms with van der Waals surface area (Å²) in [5.41, 5.74) is 0.339. The van der Waals surface area contributed by atoms with Gasteiger partial charge in [0.25, 0.3) is 0 Å². The second-order valence-electron chi connectivity index (χ2n) is 3.85. The van der Waals surface area contributed by atoms with E-state index in [1.165, 1.54) is 13.0 Å². The Morgan fingerprint density at radius 3 is 2.83 bits per heavy atom. The van der Waals surface area contributed by atoms with E-state index in [0.29, 0.717) is 5.54 Å². The van der Waals surface area contributed by atoms with Crippen LogP contribution in [0.25, 0.3) is 0 Å². The molecular formula is C8H15IN2O. The van der Waals surface area contributed by atoms with Crippen LogP contribution in [0.5, 0.6) is 0 Å². The highest BCUT2D eigenvalue weighted by molar-refractivity contribution is 14.1. The van der Waals surface area contributed by atoms with Crippen LogP contribution >= 0.6 is 22.9 Å². The molecule has 0 aromatic carbocycles. The van der Waals surface area contributed by atoms with E-state index in [0.717, 1.165) is 26.3 Å². The lowest BCUT2D eigenvalue weighted by atomic mass is 9.88. The third kappa shape index (κ3) is 1.49. The van der Waals surface area contributed by atoms with E-state index < -0.39 is 0 Å². The molecule has 0 saturated carbocycles. The van der Waals surface area contributed by atoms with Crippen molar-refractivity contribution in [3.8, 4) is 0 Å². The van der Waals surface area contributed by atoms with Gasteiger partial charge in [-0.05, 0) is 13.5 Å². The maximum absolute atomic E-state index is 5.60. The molecule has 0 radical (unpaired) electrons. The Morgan fingerprint density at radius 2 is 2.25 bits per heavy atom. The minimum absolute atomic E-state index is 0.339. The van der Waals surface area contributed by atoms with Crippen molar-refractivity contribution in [3.05, 3.63) is 0 Å². The zero-order valence-corrected chi connectivity index (χ0v) is 9.58. The quantitative estimate of drug-likeness (QED) is 0.481. The first-order valence-electron chi connectivity index (χ1n) is 4.43. The molecule has 1 atom stereocenters. The van der Waals surface area contributed by atoms with E-state index >= 15 is 0 Å². The normalized spacial score (nSPS) is 39.5. The van der Waals surface area contributed by atoms with Crippen LogP contribution < -0.4 is 0 Å². The van der Waals surface area contributed by atoms with E-state index in [9.17, 15) is 0 Å². The standard InChI is InChI=1S/C8H15IN2O/c1-10-4-5-12-7-8(6-10)2-3-11(8)9/h2-7H2,1H3. The van der Waals surface area contributed by atoms with Crippen molar-refractivity contribution < 1.29 is 4.74 Å². The Bertz CT molecular complexity index is 178. The van der Waals surface area contributed by atoms with Crippen LogP contribution in [0.2, 0.25) is 0 Å². The number of rotatable bonds is 0. The molecule has 0 N–H and O–H groups in total. The van der Waals surface area contributed by atoms with Crippen LogP contribution in [0.15, 0.2) is 0 Å². The molecule has 1 unspecified atom stereocenters. The summed E-state index contributed by atoms with van der Waals surface area (Å²) in [5, 5.41) is 0. The molecule has 0 aliphatic carbocycles. The van der Waals surface area contributed by atoms with Crippen LogP contribution in [0, 0.1) is 0 Å². The van der Waals surface area contributed by atoms with Gasteiger partial charge in [-0.25, -0.2) is 3.11 Å². The summed E-state index contributed by atoms with van der Waals surface area (Å²) in [6.07, 6.45) is 1.29. The van der Waals surface area contributed by atoms with Gasteiger partial charge in [0.05, 0.1) is 18.8 Å². The SMILES string of the molecule is CN1CCOCC2(CCN2I)C1. The van der Waals surface area contributed by atoms with Crippen LogP contribution in [0.1, 0.15) is 6.42 Å². The van der Waals surface area contributed by atoms with Gasteiger partial charge < -0.3 is 9.64 Å². The lowest BCUT2D eigenvalue weighted by molar-refractivity contribution is 0.00763. The molecule has 2 heterocycles. The minimum atomic E-state index is 0.339. The largest absolute Gasteiger partial charge is 0.378 e. The summed E-state index contributed by atoms with van der Waals surface area (Å²) in [4.78, 5) is 2.37. The molecule has 2 saturated heterocycles. The smallest absolute Gasteiger partial charge is 0.0677 e. The number of halogens is 1. The lowest BCUT2D eigenvalue weighted by Gasteiger charge is -2.49. The van der Waals surface area contributed by atoms with Gasteiger partial charge >= 0.3 is 0 Å². The van der Waals surface area contributed by atoms with Gasteiger partial charge in [0.15, 0.2) is 0 Å². The highest BCUT2D eigenvalue weighted by atomic mass is 127. The molecule has 0 aromatic rings. The fourth-order valence-corrected chi connectivity index (χ4v) is 2.69. The summed E-state index contributed by atoms with van der Waals surface area (Å²) in [7, 11) is 2.18. The van der Waals surface area contributed by atoms with E-state index in [2.05, 4.69) is 37.9 Å². The molecule has 1 spiro atoms. The predicted molar refractivity (Wildman–Crippen MR) is 56.4 cm³/mol. The first kappa shape index (κ1) is 9.18. The van der Waals surface area contributed by atoms with E-state index in [1.807, 2.05) is 0 Å². The average Bonchev–Trinajstić information content (AvgIpc) is 2.26. The van der Waals surface area contributed by atoms with Crippen LogP contribution in [0.4, 0.5) is 0 Å². The fourth-order valence-electron chi connectivity index (χ4n) is 1.92. The Hall–Kier alpha value is 0.610. The van der Waals surface area contributed by atoms with Crippen LogP contribution in [-0.2, 0) is 4.74 Å². The van der Waals surface area contributed by atoms with Gasteiger partial charge in [-0.1, -0.05) is 0 Å². The lowest BCUT2D eigenvalue weighted by Crippen LogP contribution is -2.61. The Kier molecular flexibility index (Phi) is 2.60. The van der Waals surface area contributed by atoms with Gasteiger partial charge in [-0.15, -0.1) is 0 Å². The van der Waals surface area contributed by atoms with Crippen LogP contribution in [0.3, 0.4) is 0 Å². The van der Waals surface area contributed by atoms with Gasteiger partial charge in [0, 0.05) is 42.5 Å². The van der Waals surface area contributed by atoms with Crippen molar-refractivity contribution in [2.75, 3.05) is 39.9 Å². The van der Waals surface area contributed by atoms with Crippen molar-refractivity contribution in [3.63, 3.8) is 0 Å². The molecule has 12 heavy (non-hydrogen) atoms. The van der Waals surface area contributed by atoms with Crippen molar-refractivity contribution in [2.24, 2.45) is 0 Å². The highest BCUT2D eigenvalue weighted by Crippen LogP contribution is 2.35. The third-order valence-corrected chi connectivity index (χ3v) is 4.35. The van der Waals surface area contributed by atoms with E-state index in [-0.39, 0.29) is 0 Å². The van der Waals surface area contributed by atoms with Gasteiger partial charge in [0.2, 0.25) is 0 Å². The summed E-state index contributed by atoms with van der Waals surface area (Å²) in [6.45, 7) is 5.27. The highest BCUT2D eigenvalue weighted by Gasteiger charge is 2.45. The van der Waals surface area contributed by atoms with E-state index in [1.54, 1.807) is 0 Å². The molecule has 4 heteroatoms. The molecular weight excluding hydrogens is 267 g/mol. The van der Waals surface area contributed by atoms with Gasteiger partial charge in [0.1, 0.15) is 0 Å². The van der Waals surface area contributed by atoms with Gasteiger partial charge in [-0.2, -0.15) is 0 Å². The van der Waals surface area contributed by atoms with Crippen molar-refractivity contribution >= 4 is 22.9 Å². The van der Waals surface area contributed by atoms with Crippen molar-refractivity contribution in [2.45, 2.75) is 12.0 Å². The number of likely N-dealkylation sites (N-methyl/N-ethyl adjacent to an activating group) is 1. The fraction of sp³-hybridized carbons (Fsp3) is 1.00. The molecule has 0 bridgehead atoms. The predicted octanol–water partition coefficient (Wildman–Crippen LogP) is 0.743. The topological polar surface area (TPSA) is 15.7 Å². The monoisotopic (exact) mass is 282 g/mol. The Morgan fingerprint density at radius 1 is 1.42 bits per heavy atom. The van der Waals surface area contributed by atoms with Gasteiger partial charge in [-0.3, -0.25) is 0 Å². The molecule has 2 rings (SSSR count). The minimum Gasteiger partial charge on any atom is -0.378 e. The maximum atomic E-state index is 5.60. The summed E-state index contributed by atoms with van der Waals surface area (Å²) in [5.74, 6) is 0. The summed E-state index contributed by atoms with van der Waals surface area (Å²) < 4.78 is 8.00. The first-order chi connectivity index (χ1) is 5.73. The molecule has 3 nitrogen and oxygen atoms in total. The molecule has 2 aliphatic rings. The maximum Gasteiger partial charge on any atom is 0.0677 e. The number of hydrogen-bond acceptors (Lipinski definition) is 3. The van der Waals surface area contributed by atoms with Crippen LogP contribution in [-0.4, -0.2) is 53.4 Å². The summed E-state index contributed by atoms with van der Waals surface area (Å²) in [6, 6.07) is 0. The molecule has 0 aromatic heterocycles. The van der Waals surface area contributed by atoms with Crippen molar-refractivity contribution in [1.82, 2.24) is 8.01 Å². The Labute approximate surface area is 87.5 Å². The number of hydrogen-bond donors (Lipinski definition) is 0. The summed E-state index contributed by atoms with van der Waals surface area (Å²) >= 11 is 2.42. The zero-order valence-electron chi connectivity index (χ0n) is 7.42. The third-order valence-electron chi connectivity index (χ3n) is 2.84. The second kappa shape index (κ2) is 3.40. The van der Waals surface area contributed by atoms with E-state index in [4.69, 9.17) is 4.74 Å². The molecule has 2 fully saturated rings. The first-order valence-corrected chi connectivity index (χ1v) is 5.39. The zero-order chi connectivity index (χ0) is 8.60. The van der Waals surface area contributed by atoms with Crippen molar-refractivity contribution in [1.29, 1.82) is 0 Å². The molecule has 70 valence electrons. The number of ether oxygens (including phenoxy) is 1. The number of nitrogens with zero attached hydrogens (tertiary/aromatic N) is 2. The molecule has 0 amide bonds. The molecule has 2 aliphatic heterocycles. The second-order valence-corrected chi connectivity index (χ2v) is 5.02.